The first kappa shape index (κ1) is 13.4. The van der Waals surface area contributed by atoms with Crippen LogP contribution in [0.4, 0.5) is 0 Å². The predicted octanol–water partition coefficient (Wildman–Crippen LogP) is 4.40. The van der Waals surface area contributed by atoms with E-state index in [9.17, 15) is 0 Å². The molecule has 0 amide bonds. The Morgan fingerprint density at radius 3 is 2.55 bits per heavy atom. The molecular weight excluding hydrogens is 293 g/mol. The first-order chi connectivity index (χ1) is 9.54. The number of nitrogens with zero attached hydrogens (tertiary/aromatic N) is 3. The van der Waals surface area contributed by atoms with Crippen LogP contribution in [0.1, 0.15) is 16.7 Å². The van der Waals surface area contributed by atoms with Gasteiger partial charge in [-0.25, -0.2) is 4.68 Å². The minimum absolute atomic E-state index is 0.578. The standard InChI is InChI=1S/C15H13Cl2N3/c1-9-5-14-15(6-10(9)2)20(19-18-14)8-11-3-4-12(16)7-13(11)17/h3-7H,8H2,1-2H3. The second-order valence-electron chi connectivity index (χ2n) is 4.91. The average Bonchev–Trinajstić information content (AvgIpc) is 2.76. The maximum atomic E-state index is 6.21. The lowest BCUT2D eigenvalue weighted by atomic mass is 10.1. The van der Waals surface area contributed by atoms with Gasteiger partial charge in [-0.15, -0.1) is 5.10 Å². The highest BCUT2D eigenvalue weighted by Gasteiger charge is 2.09. The normalized spacial score (nSPS) is 11.2. The second kappa shape index (κ2) is 5.08. The molecule has 0 aliphatic rings. The summed E-state index contributed by atoms with van der Waals surface area (Å²) in [5.41, 5.74) is 5.33. The van der Waals surface area contributed by atoms with Crippen molar-refractivity contribution in [2.45, 2.75) is 20.4 Å². The number of rotatable bonds is 2. The first-order valence-corrected chi connectivity index (χ1v) is 7.04. The van der Waals surface area contributed by atoms with Crippen molar-refractivity contribution in [3.8, 4) is 0 Å². The van der Waals surface area contributed by atoms with Crippen LogP contribution in [-0.4, -0.2) is 15.0 Å². The van der Waals surface area contributed by atoms with Crippen LogP contribution in [0.3, 0.4) is 0 Å². The van der Waals surface area contributed by atoms with E-state index in [0.29, 0.717) is 16.6 Å². The van der Waals surface area contributed by atoms with E-state index in [0.717, 1.165) is 16.6 Å². The van der Waals surface area contributed by atoms with Crippen LogP contribution < -0.4 is 0 Å². The Kier molecular flexibility index (Phi) is 3.40. The van der Waals surface area contributed by atoms with Crippen molar-refractivity contribution >= 4 is 34.2 Å². The Labute approximate surface area is 127 Å². The van der Waals surface area contributed by atoms with Crippen LogP contribution in [-0.2, 0) is 6.54 Å². The fourth-order valence-electron chi connectivity index (χ4n) is 2.15. The predicted molar refractivity (Wildman–Crippen MR) is 82.6 cm³/mol. The zero-order valence-electron chi connectivity index (χ0n) is 11.2. The van der Waals surface area contributed by atoms with Crippen molar-refractivity contribution < 1.29 is 0 Å². The molecule has 3 aromatic rings. The van der Waals surface area contributed by atoms with E-state index in [2.05, 4.69) is 36.3 Å². The summed E-state index contributed by atoms with van der Waals surface area (Å²) in [5.74, 6) is 0. The lowest BCUT2D eigenvalue weighted by Crippen LogP contribution is -2.02. The second-order valence-corrected chi connectivity index (χ2v) is 5.75. The molecule has 102 valence electrons. The third-order valence-corrected chi connectivity index (χ3v) is 4.05. The number of fused-ring (bicyclic) bond motifs is 1. The first-order valence-electron chi connectivity index (χ1n) is 6.29. The van der Waals surface area contributed by atoms with Crippen LogP contribution >= 0.6 is 23.2 Å². The minimum atomic E-state index is 0.578. The van der Waals surface area contributed by atoms with Gasteiger partial charge in [-0.2, -0.15) is 0 Å². The molecule has 0 bridgehead atoms. The number of aromatic nitrogens is 3. The number of halogens is 2. The van der Waals surface area contributed by atoms with Gasteiger partial charge in [0.1, 0.15) is 5.52 Å². The van der Waals surface area contributed by atoms with Crippen LogP contribution in [0.2, 0.25) is 10.0 Å². The van der Waals surface area contributed by atoms with Gasteiger partial charge in [0.15, 0.2) is 0 Å². The largest absolute Gasteiger partial charge is 0.240 e. The van der Waals surface area contributed by atoms with Gasteiger partial charge in [0, 0.05) is 10.0 Å². The van der Waals surface area contributed by atoms with E-state index in [1.165, 1.54) is 11.1 Å². The van der Waals surface area contributed by atoms with Crippen LogP contribution in [0.15, 0.2) is 30.3 Å². The van der Waals surface area contributed by atoms with E-state index in [1.807, 2.05) is 16.8 Å². The Morgan fingerprint density at radius 1 is 1.05 bits per heavy atom. The van der Waals surface area contributed by atoms with Crippen molar-refractivity contribution in [2.75, 3.05) is 0 Å². The highest BCUT2D eigenvalue weighted by molar-refractivity contribution is 6.35. The molecule has 0 saturated carbocycles. The molecule has 0 fully saturated rings. The van der Waals surface area contributed by atoms with Crippen LogP contribution in [0.25, 0.3) is 11.0 Å². The fraction of sp³-hybridized carbons (Fsp3) is 0.200. The molecule has 0 N–H and O–H groups in total. The van der Waals surface area contributed by atoms with E-state index < -0.39 is 0 Å². The Balaban J connectivity index is 2.04. The smallest absolute Gasteiger partial charge is 0.113 e. The number of benzene rings is 2. The summed E-state index contributed by atoms with van der Waals surface area (Å²) in [7, 11) is 0. The molecule has 20 heavy (non-hydrogen) atoms. The Morgan fingerprint density at radius 2 is 1.80 bits per heavy atom. The van der Waals surface area contributed by atoms with Gasteiger partial charge in [0.05, 0.1) is 12.1 Å². The van der Waals surface area contributed by atoms with Gasteiger partial charge in [-0.1, -0.05) is 34.5 Å². The lowest BCUT2D eigenvalue weighted by Gasteiger charge is -2.06. The molecule has 2 aromatic carbocycles. The molecule has 5 heteroatoms. The lowest BCUT2D eigenvalue weighted by molar-refractivity contribution is 0.670. The zero-order chi connectivity index (χ0) is 14.3. The van der Waals surface area contributed by atoms with Gasteiger partial charge < -0.3 is 0 Å². The van der Waals surface area contributed by atoms with Gasteiger partial charge in [0.25, 0.3) is 0 Å². The molecule has 1 aromatic heterocycles. The van der Waals surface area contributed by atoms with Gasteiger partial charge in [-0.3, -0.25) is 0 Å². The van der Waals surface area contributed by atoms with Crippen molar-refractivity contribution in [3.05, 3.63) is 57.1 Å². The van der Waals surface area contributed by atoms with Crippen molar-refractivity contribution in [1.29, 1.82) is 0 Å². The molecule has 0 radical (unpaired) electrons. The van der Waals surface area contributed by atoms with E-state index in [4.69, 9.17) is 23.2 Å². The quantitative estimate of drug-likeness (QED) is 0.702. The average molecular weight is 306 g/mol. The van der Waals surface area contributed by atoms with Gasteiger partial charge in [0.2, 0.25) is 0 Å². The van der Waals surface area contributed by atoms with E-state index in [1.54, 1.807) is 6.07 Å². The molecule has 1 heterocycles. The zero-order valence-corrected chi connectivity index (χ0v) is 12.7. The van der Waals surface area contributed by atoms with Crippen molar-refractivity contribution in [3.63, 3.8) is 0 Å². The maximum Gasteiger partial charge on any atom is 0.113 e. The third-order valence-electron chi connectivity index (χ3n) is 3.46. The van der Waals surface area contributed by atoms with Crippen LogP contribution in [0, 0.1) is 13.8 Å². The molecule has 0 saturated heterocycles. The number of aryl methyl sites for hydroxylation is 2. The summed E-state index contributed by atoms with van der Waals surface area (Å²) in [6, 6.07) is 9.65. The summed E-state index contributed by atoms with van der Waals surface area (Å²) in [5, 5.41) is 9.70. The molecular formula is C15H13Cl2N3. The van der Waals surface area contributed by atoms with Crippen LogP contribution in [0.5, 0.6) is 0 Å². The minimum Gasteiger partial charge on any atom is -0.240 e. The maximum absolute atomic E-state index is 6.21. The van der Waals surface area contributed by atoms with E-state index >= 15 is 0 Å². The number of hydrogen-bond donors (Lipinski definition) is 0. The molecule has 3 rings (SSSR count). The molecule has 0 aliphatic heterocycles. The molecule has 0 spiro atoms. The highest BCUT2D eigenvalue weighted by atomic mass is 35.5. The van der Waals surface area contributed by atoms with Crippen molar-refractivity contribution in [1.82, 2.24) is 15.0 Å². The summed E-state index contributed by atoms with van der Waals surface area (Å²) in [4.78, 5) is 0. The van der Waals surface area contributed by atoms with E-state index in [-0.39, 0.29) is 0 Å². The molecule has 3 nitrogen and oxygen atoms in total. The SMILES string of the molecule is Cc1cc2nnn(Cc3ccc(Cl)cc3Cl)c2cc1C. The summed E-state index contributed by atoms with van der Waals surface area (Å²) < 4.78 is 1.86. The Hall–Kier alpha value is -1.58. The summed E-state index contributed by atoms with van der Waals surface area (Å²) in [6.45, 7) is 4.74. The van der Waals surface area contributed by atoms with Gasteiger partial charge >= 0.3 is 0 Å². The molecule has 0 unspecified atom stereocenters. The Bertz CT molecular complexity index is 793. The number of hydrogen-bond acceptors (Lipinski definition) is 2. The highest BCUT2D eigenvalue weighted by Crippen LogP contribution is 2.23. The summed E-state index contributed by atoms with van der Waals surface area (Å²) >= 11 is 12.1. The fourth-order valence-corrected chi connectivity index (χ4v) is 2.62. The third kappa shape index (κ3) is 2.39. The van der Waals surface area contributed by atoms with Crippen molar-refractivity contribution in [2.24, 2.45) is 0 Å². The van der Waals surface area contributed by atoms with Gasteiger partial charge in [-0.05, 0) is 54.8 Å². The molecule has 0 atom stereocenters. The summed E-state index contributed by atoms with van der Waals surface area (Å²) in [6.07, 6.45) is 0. The molecule has 0 aliphatic carbocycles. The topological polar surface area (TPSA) is 30.7 Å². The monoisotopic (exact) mass is 305 g/mol.